The largest absolute Gasteiger partial charge is 0.341 e. The average molecular weight is 382 g/mol. The van der Waals surface area contributed by atoms with Gasteiger partial charge in [0.15, 0.2) is 0 Å². The van der Waals surface area contributed by atoms with Gasteiger partial charge in [0.1, 0.15) is 0 Å². The molecule has 0 fully saturated rings. The fraction of sp³-hybridized carbons (Fsp3) is 0.286. The molecule has 1 aromatic carbocycles. The monoisotopic (exact) mass is 381 g/mol. The number of aromatic nitrogens is 2. The molecule has 2 aromatic heterocycles. The van der Waals surface area contributed by atoms with Gasteiger partial charge in [0.2, 0.25) is 0 Å². The van der Waals surface area contributed by atoms with E-state index in [1.165, 1.54) is 0 Å². The number of ketones is 1. The minimum Gasteiger partial charge on any atom is -0.341 e. The maximum atomic E-state index is 12.9. The summed E-state index contributed by atoms with van der Waals surface area (Å²) in [4.78, 5) is 26.6. The Bertz CT molecular complexity index is 943. The van der Waals surface area contributed by atoms with E-state index in [9.17, 15) is 9.59 Å². The first-order chi connectivity index (χ1) is 12.9. The third kappa shape index (κ3) is 3.85. The third-order valence-electron chi connectivity index (χ3n) is 4.53. The van der Waals surface area contributed by atoms with Crippen LogP contribution < -0.4 is 5.32 Å². The molecule has 2 heterocycles. The molecular formula is C21H23N3O2S. The molecule has 1 unspecified atom stereocenters. The lowest BCUT2D eigenvalue weighted by Crippen LogP contribution is -2.36. The van der Waals surface area contributed by atoms with Gasteiger partial charge < -0.3 is 5.32 Å². The SMILES string of the molecule is Cc1nn(-c2ccccc2)c(C)c1C(=O)C(=O)NC(c1cccs1)C(C)C. The van der Waals surface area contributed by atoms with Crippen molar-refractivity contribution in [2.45, 2.75) is 33.7 Å². The van der Waals surface area contributed by atoms with E-state index in [1.54, 1.807) is 22.9 Å². The van der Waals surface area contributed by atoms with Crippen LogP contribution in [0.3, 0.4) is 0 Å². The van der Waals surface area contributed by atoms with E-state index in [0.717, 1.165) is 10.6 Å². The molecule has 27 heavy (non-hydrogen) atoms. The second-order valence-corrected chi connectivity index (χ2v) is 7.81. The third-order valence-corrected chi connectivity index (χ3v) is 5.48. The van der Waals surface area contributed by atoms with Crippen molar-refractivity contribution in [1.82, 2.24) is 15.1 Å². The molecule has 3 rings (SSSR count). The number of Topliss-reactive ketones (excluding diaryl/α,β-unsaturated/α-hetero) is 1. The molecule has 0 bridgehead atoms. The number of rotatable bonds is 6. The van der Waals surface area contributed by atoms with E-state index < -0.39 is 11.7 Å². The Labute approximate surface area is 163 Å². The molecule has 1 amide bonds. The normalized spacial score (nSPS) is 12.2. The second-order valence-electron chi connectivity index (χ2n) is 6.83. The number of thiophene rings is 1. The van der Waals surface area contributed by atoms with Crippen LogP contribution in [0.5, 0.6) is 0 Å². The highest BCUT2D eigenvalue weighted by atomic mass is 32.1. The van der Waals surface area contributed by atoms with Gasteiger partial charge in [-0.3, -0.25) is 9.59 Å². The summed E-state index contributed by atoms with van der Waals surface area (Å²) in [6, 6.07) is 13.3. The maximum Gasteiger partial charge on any atom is 0.293 e. The van der Waals surface area contributed by atoms with Crippen molar-refractivity contribution in [2.75, 3.05) is 0 Å². The number of nitrogens with one attached hydrogen (secondary N) is 1. The average Bonchev–Trinajstić information content (AvgIpc) is 3.27. The summed E-state index contributed by atoms with van der Waals surface area (Å²) in [5, 5.41) is 9.34. The van der Waals surface area contributed by atoms with Gasteiger partial charge in [0.25, 0.3) is 11.7 Å². The van der Waals surface area contributed by atoms with E-state index in [-0.39, 0.29) is 12.0 Å². The van der Waals surface area contributed by atoms with Gasteiger partial charge in [-0.25, -0.2) is 4.68 Å². The lowest BCUT2D eigenvalue weighted by molar-refractivity contribution is -0.118. The summed E-state index contributed by atoms with van der Waals surface area (Å²) in [5.74, 6) is -0.968. The molecule has 6 heteroatoms. The molecule has 0 saturated heterocycles. The quantitative estimate of drug-likeness (QED) is 0.513. The summed E-state index contributed by atoms with van der Waals surface area (Å²) in [6.07, 6.45) is 0. The van der Waals surface area contributed by atoms with Crippen molar-refractivity contribution in [3.63, 3.8) is 0 Å². The van der Waals surface area contributed by atoms with Crippen LogP contribution in [0.25, 0.3) is 5.69 Å². The molecule has 0 aliphatic carbocycles. The molecule has 0 spiro atoms. The van der Waals surface area contributed by atoms with Gasteiger partial charge in [-0.2, -0.15) is 5.10 Å². The summed E-state index contributed by atoms with van der Waals surface area (Å²) in [5.41, 5.74) is 2.44. The van der Waals surface area contributed by atoms with E-state index in [1.807, 2.05) is 68.6 Å². The number of para-hydroxylation sites is 1. The van der Waals surface area contributed by atoms with Crippen molar-refractivity contribution in [2.24, 2.45) is 5.92 Å². The summed E-state index contributed by atoms with van der Waals surface area (Å²) in [7, 11) is 0. The van der Waals surface area contributed by atoms with Crippen LogP contribution >= 0.6 is 11.3 Å². The van der Waals surface area contributed by atoms with Crippen LogP contribution in [-0.4, -0.2) is 21.5 Å². The lowest BCUT2D eigenvalue weighted by atomic mass is 10.0. The van der Waals surface area contributed by atoms with Crippen LogP contribution in [0.2, 0.25) is 0 Å². The molecule has 0 aliphatic rings. The standard InChI is InChI=1S/C21H23N3O2S/c1-13(2)19(17-11-8-12-27-17)22-21(26)20(25)18-14(3)23-24(15(18)4)16-9-6-5-7-10-16/h5-13,19H,1-4H3,(H,22,26). The Hall–Kier alpha value is -2.73. The van der Waals surface area contributed by atoms with Crippen LogP contribution in [0.15, 0.2) is 47.8 Å². The maximum absolute atomic E-state index is 12.9. The number of amides is 1. The van der Waals surface area contributed by atoms with E-state index in [2.05, 4.69) is 10.4 Å². The first kappa shape index (κ1) is 19.0. The predicted octanol–water partition coefficient (Wildman–Crippen LogP) is 4.25. The number of nitrogens with zero attached hydrogens (tertiary/aromatic N) is 2. The van der Waals surface area contributed by atoms with Crippen LogP contribution in [0.1, 0.15) is 46.5 Å². The number of hydrogen-bond donors (Lipinski definition) is 1. The van der Waals surface area contributed by atoms with Gasteiger partial charge in [0, 0.05) is 4.88 Å². The van der Waals surface area contributed by atoms with Crippen LogP contribution in [0, 0.1) is 19.8 Å². The van der Waals surface area contributed by atoms with E-state index >= 15 is 0 Å². The van der Waals surface area contributed by atoms with Gasteiger partial charge in [-0.1, -0.05) is 38.1 Å². The molecular weight excluding hydrogens is 358 g/mol. The van der Waals surface area contributed by atoms with Gasteiger partial charge in [-0.05, 0) is 43.3 Å². The van der Waals surface area contributed by atoms with E-state index in [4.69, 9.17) is 0 Å². The lowest BCUT2D eigenvalue weighted by Gasteiger charge is -2.20. The summed E-state index contributed by atoms with van der Waals surface area (Å²) < 4.78 is 1.70. The van der Waals surface area contributed by atoms with Gasteiger partial charge >= 0.3 is 0 Å². The number of carbonyl (C=O) groups excluding carboxylic acids is 2. The van der Waals surface area contributed by atoms with Crippen LogP contribution in [-0.2, 0) is 4.79 Å². The molecule has 140 valence electrons. The van der Waals surface area contributed by atoms with Crippen molar-refractivity contribution in [3.8, 4) is 5.69 Å². The zero-order valence-electron chi connectivity index (χ0n) is 15.9. The second kappa shape index (κ2) is 7.88. The highest BCUT2D eigenvalue weighted by Crippen LogP contribution is 2.26. The Balaban J connectivity index is 1.87. The summed E-state index contributed by atoms with van der Waals surface area (Å²) in [6.45, 7) is 7.62. The fourth-order valence-corrected chi connectivity index (χ4v) is 4.10. The van der Waals surface area contributed by atoms with E-state index in [0.29, 0.717) is 17.0 Å². The molecule has 3 aromatic rings. The van der Waals surface area contributed by atoms with Crippen molar-refractivity contribution >= 4 is 23.0 Å². The minimum atomic E-state index is -0.596. The first-order valence-corrected chi connectivity index (χ1v) is 9.78. The molecule has 1 N–H and O–H groups in total. The zero-order valence-corrected chi connectivity index (χ0v) is 16.7. The smallest absolute Gasteiger partial charge is 0.293 e. The topological polar surface area (TPSA) is 64.0 Å². The first-order valence-electron chi connectivity index (χ1n) is 8.90. The van der Waals surface area contributed by atoms with Crippen molar-refractivity contribution < 1.29 is 9.59 Å². The number of benzene rings is 1. The Morgan fingerprint density at radius 3 is 2.37 bits per heavy atom. The zero-order chi connectivity index (χ0) is 19.6. The van der Waals surface area contributed by atoms with Crippen molar-refractivity contribution in [1.29, 1.82) is 0 Å². The predicted molar refractivity (Wildman–Crippen MR) is 107 cm³/mol. The number of hydrogen-bond acceptors (Lipinski definition) is 4. The summed E-state index contributed by atoms with van der Waals surface area (Å²) >= 11 is 1.57. The van der Waals surface area contributed by atoms with Gasteiger partial charge in [0.05, 0.1) is 28.7 Å². The highest BCUT2D eigenvalue weighted by molar-refractivity contribution is 7.10. The number of aryl methyl sites for hydroxylation is 1. The molecule has 0 saturated carbocycles. The highest BCUT2D eigenvalue weighted by Gasteiger charge is 2.28. The molecule has 1 atom stereocenters. The molecule has 5 nitrogen and oxygen atoms in total. The molecule has 0 aliphatic heterocycles. The van der Waals surface area contributed by atoms with Gasteiger partial charge in [-0.15, -0.1) is 11.3 Å². The van der Waals surface area contributed by atoms with Crippen molar-refractivity contribution in [3.05, 3.63) is 69.7 Å². The fourth-order valence-electron chi connectivity index (χ4n) is 3.15. The Morgan fingerprint density at radius 1 is 1.07 bits per heavy atom. The number of carbonyl (C=O) groups is 2. The minimum absolute atomic E-state index is 0.176. The Kier molecular flexibility index (Phi) is 5.56. The van der Waals surface area contributed by atoms with Crippen LogP contribution in [0.4, 0.5) is 0 Å². The molecule has 0 radical (unpaired) electrons. The Morgan fingerprint density at radius 2 is 1.78 bits per heavy atom.